The SMILES string of the molecule is CO[Si](C)(OCCC(C)CCC=C(C)C)OCCC(C)CCC=C(C)C. The fourth-order valence-corrected chi connectivity index (χ4v) is 3.95. The summed E-state index contributed by atoms with van der Waals surface area (Å²) >= 11 is 0. The van der Waals surface area contributed by atoms with E-state index in [-0.39, 0.29) is 0 Å². The fourth-order valence-electron chi connectivity index (χ4n) is 2.65. The van der Waals surface area contributed by atoms with E-state index < -0.39 is 8.80 Å². The van der Waals surface area contributed by atoms with Gasteiger partial charge in [-0.25, -0.2) is 0 Å². The first-order valence-electron chi connectivity index (χ1n) is 10.3. The number of hydrogen-bond acceptors (Lipinski definition) is 3. The monoisotopic (exact) mass is 384 g/mol. The molecule has 0 fully saturated rings. The lowest BCUT2D eigenvalue weighted by atomic mass is 10.0. The van der Waals surface area contributed by atoms with Crippen molar-refractivity contribution in [2.24, 2.45) is 11.8 Å². The molecule has 0 aromatic rings. The van der Waals surface area contributed by atoms with Gasteiger partial charge in [0.1, 0.15) is 0 Å². The van der Waals surface area contributed by atoms with Gasteiger partial charge in [0, 0.05) is 26.9 Å². The van der Waals surface area contributed by atoms with E-state index in [0.717, 1.165) is 38.9 Å². The largest absolute Gasteiger partial charge is 0.497 e. The Balaban J connectivity index is 4.00. The third kappa shape index (κ3) is 14.7. The molecule has 0 amide bonds. The number of rotatable bonds is 15. The molecule has 0 aromatic carbocycles. The van der Waals surface area contributed by atoms with Gasteiger partial charge in [0.15, 0.2) is 0 Å². The van der Waals surface area contributed by atoms with Gasteiger partial charge in [-0.05, 0) is 78.1 Å². The van der Waals surface area contributed by atoms with Crippen LogP contribution in [-0.4, -0.2) is 29.1 Å². The molecule has 3 nitrogen and oxygen atoms in total. The van der Waals surface area contributed by atoms with Crippen LogP contribution >= 0.6 is 0 Å². The Bertz CT molecular complexity index is 376. The second-order valence-corrected chi connectivity index (χ2v) is 11.0. The Hall–Kier alpha value is -0.423. The standard InChI is InChI=1S/C22H44O3Si/c1-19(2)11-9-13-21(5)15-17-24-26(8,23-7)25-18-16-22(6)14-10-12-20(3)4/h11-12,21-22H,9-10,13-18H2,1-8H3. The molecule has 0 rings (SSSR count). The van der Waals surface area contributed by atoms with E-state index in [9.17, 15) is 0 Å². The molecule has 0 aliphatic carbocycles. The van der Waals surface area contributed by atoms with Crippen molar-refractivity contribution in [3.05, 3.63) is 23.3 Å². The van der Waals surface area contributed by atoms with Crippen LogP contribution in [0.5, 0.6) is 0 Å². The second-order valence-electron chi connectivity index (χ2n) is 8.27. The molecule has 0 aromatic heterocycles. The van der Waals surface area contributed by atoms with Gasteiger partial charge in [-0.15, -0.1) is 0 Å². The van der Waals surface area contributed by atoms with Crippen LogP contribution in [0.25, 0.3) is 0 Å². The molecule has 0 spiro atoms. The van der Waals surface area contributed by atoms with E-state index in [1.54, 1.807) is 7.11 Å². The first-order chi connectivity index (χ1) is 12.2. The minimum absolute atomic E-state index is 0.663. The van der Waals surface area contributed by atoms with Gasteiger partial charge in [-0.3, -0.25) is 0 Å². The molecule has 26 heavy (non-hydrogen) atoms. The molecule has 0 aliphatic rings. The van der Waals surface area contributed by atoms with Crippen molar-refractivity contribution in [1.29, 1.82) is 0 Å². The van der Waals surface area contributed by atoms with Crippen molar-refractivity contribution in [3.63, 3.8) is 0 Å². The van der Waals surface area contributed by atoms with E-state index in [0.29, 0.717) is 11.8 Å². The van der Waals surface area contributed by atoms with Crippen LogP contribution in [0.3, 0.4) is 0 Å². The van der Waals surface area contributed by atoms with Gasteiger partial charge in [0.2, 0.25) is 0 Å². The van der Waals surface area contributed by atoms with E-state index in [4.69, 9.17) is 13.3 Å². The third-order valence-corrected chi connectivity index (χ3v) is 6.94. The quantitative estimate of drug-likeness (QED) is 0.230. The van der Waals surface area contributed by atoms with Crippen molar-refractivity contribution < 1.29 is 13.3 Å². The normalized spacial score (nSPS) is 15.8. The molecule has 154 valence electrons. The maximum Gasteiger partial charge on any atom is 0.497 e. The summed E-state index contributed by atoms with van der Waals surface area (Å²) in [5, 5.41) is 0. The summed E-state index contributed by atoms with van der Waals surface area (Å²) in [4.78, 5) is 0. The molecule has 0 heterocycles. The maximum atomic E-state index is 6.04. The highest BCUT2D eigenvalue weighted by molar-refractivity contribution is 6.59. The van der Waals surface area contributed by atoms with Crippen LogP contribution in [0, 0.1) is 11.8 Å². The average Bonchev–Trinajstić information content (AvgIpc) is 2.54. The van der Waals surface area contributed by atoms with E-state index in [2.05, 4.69) is 53.7 Å². The van der Waals surface area contributed by atoms with E-state index in [1.807, 2.05) is 6.55 Å². The van der Waals surface area contributed by atoms with Crippen LogP contribution < -0.4 is 0 Å². The summed E-state index contributed by atoms with van der Waals surface area (Å²) in [7, 11) is -0.768. The molecule has 0 N–H and O–H groups in total. The lowest BCUT2D eigenvalue weighted by Crippen LogP contribution is -2.42. The van der Waals surface area contributed by atoms with E-state index in [1.165, 1.54) is 24.0 Å². The highest BCUT2D eigenvalue weighted by Crippen LogP contribution is 2.17. The van der Waals surface area contributed by atoms with E-state index >= 15 is 0 Å². The fraction of sp³-hybridized carbons (Fsp3) is 0.818. The molecule has 2 atom stereocenters. The van der Waals surface area contributed by atoms with Crippen LogP contribution in [0.15, 0.2) is 23.3 Å². The molecule has 0 saturated carbocycles. The Morgan fingerprint density at radius 2 is 1.15 bits per heavy atom. The Morgan fingerprint density at radius 3 is 1.46 bits per heavy atom. The Labute approximate surface area is 164 Å². The first-order valence-corrected chi connectivity index (χ1v) is 12.5. The predicted octanol–water partition coefficient (Wildman–Crippen LogP) is 6.78. The molecular weight excluding hydrogens is 340 g/mol. The second kappa shape index (κ2) is 14.6. The molecule has 4 heteroatoms. The van der Waals surface area contributed by atoms with Crippen LogP contribution in [0.2, 0.25) is 6.55 Å². The van der Waals surface area contributed by atoms with Gasteiger partial charge in [-0.2, -0.15) is 0 Å². The lowest BCUT2D eigenvalue weighted by molar-refractivity contribution is 0.0750. The topological polar surface area (TPSA) is 27.7 Å². The maximum absolute atomic E-state index is 6.04. The minimum Gasteiger partial charge on any atom is -0.377 e. The molecule has 0 bridgehead atoms. The van der Waals surface area contributed by atoms with Crippen molar-refractivity contribution in [2.75, 3.05) is 20.3 Å². The summed E-state index contributed by atoms with van der Waals surface area (Å²) in [6, 6.07) is 0. The predicted molar refractivity (Wildman–Crippen MR) is 115 cm³/mol. The van der Waals surface area contributed by atoms with Gasteiger partial charge >= 0.3 is 8.80 Å². The summed E-state index contributed by atoms with van der Waals surface area (Å²) in [6.45, 7) is 16.7. The van der Waals surface area contributed by atoms with Gasteiger partial charge in [0.05, 0.1) is 0 Å². The zero-order valence-electron chi connectivity index (χ0n) is 18.7. The van der Waals surface area contributed by atoms with Crippen molar-refractivity contribution >= 4 is 8.80 Å². The van der Waals surface area contributed by atoms with Crippen LogP contribution in [0.4, 0.5) is 0 Å². The Kier molecular flexibility index (Phi) is 14.4. The number of allylic oxidation sites excluding steroid dienone is 4. The molecule has 2 unspecified atom stereocenters. The van der Waals surface area contributed by atoms with Gasteiger partial charge < -0.3 is 13.3 Å². The molecule has 0 radical (unpaired) electrons. The lowest BCUT2D eigenvalue weighted by Gasteiger charge is -2.25. The summed E-state index contributed by atoms with van der Waals surface area (Å²) < 4.78 is 17.7. The highest BCUT2D eigenvalue weighted by atomic mass is 28.4. The molecule has 0 saturated heterocycles. The Morgan fingerprint density at radius 1 is 0.769 bits per heavy atom. The average molecular weight is 385 g/mol. The molecule has 0 aliphatic heterocycles. The minimum atomic E-state index is -2.48. The summed E-state index contributed by atoms with van der Waals surface area (Å²) in [6.07, 6.45) is 11.5. The zero-order valence-corrected chi connectivity index (χ0v) is 19.7. The molecular formula is C22H44O3Si. The van der Waals surface area contributed by atoms with Gasteiger partial charge in [-0.1, -0.05) is 37.1 Å². The summed E-state index contributed by atoms with van der Waals surface area (Å²) in [5.74, 6) is 1.33. The van der Waals surface area contributed by atoms with Crippen molar-refractivity contribution in [2.45, 2.75) is 86.6 Å². The third-order valence-electron chi connectivity index (χ3n) is 4.74. The summed E-state index contributed by atoms with van der Waals surface area (Å²) in [5.41, 5.74) is 2.80. The number of hydrogen-bond donors (Lipinski definition) is 0. The highest BCUT2D eigenvalue weighted by Gasteiger charge is 2.33. The van der Waals surface area contributed by atoms with Crippen LogP contribution in [0.1, 0.15) is 80.1 Å². The van der Waals surface area contributed by atoms with Crippen molar-refractivity contribution in [1.82, 2.24) is 0 Å². The smallest absolute Gasteiger partial charge is 0.377 e. The first kappa shape index (κ1) is 25.6. The van der Waals surface area contributed by atoms with Crippen LogP contribution in [-0.2, 0) is 13.3 Å². The van der Waals surface area contributed by atoms with Crippen molar-refractivity contribution in [3.8, 4) is 0 Å². The zero-order chi connectivity index (χ0) is 20.0. The van der Waals surface area contributed by atoms with Gasteiger partial charge in [0.25, 0.3) is 0 Å².